The molecule has 0 amide bonds. The van der Waals surface area contributed by atoms with Crippen LogP contribution < -0.4 is 14.2 Å². The van der Waals surface area contributed by atoms with E-state index in [9.17, 15) is 0 Å². The van der Waals surface area contributed by atoms with Crippen molar-refractivity contribution in [1.82, 2.24) is 0 Å². The molecule has 0 saturated heterocycles. The van der Waals surface area contributed by atoms with Crippen molar-refractivity contribution in [2.24, 2.45) is 0 Å². The second-order valence-corrected chi connectivity index (χ2v) is 7.32. The number of para-hydroxylation sites is 3. The molecule has 0 aromatic heterocycles. The lowest BCUT2D eigenvalue weighted by atomic mass is 10.0. The van der Waals surface area contributed by atoms with Crippen molar-refractivity contribution in [3.05, 3.63) is 133 Å². The Morgan fingerprint density at radius 3 is 1.48 bits per heavy atom. The molecule has 0 aliphatic rings. The standard InChI is InChI=1S/C30H21O3/c1-4-11-24(12-5-1)31-27-21-19-23(20-22-27)28-17-10-18-29(32-25-13-6-2-7-14-25)30(28)33-26-15-8-3-9-16-26/h1-17,19-22H. The first-order valence-corrected chi connectivity index (χ1v) is 10.7. The molecule has 0 N–H and O–H groups in total. The van der Waals surface area contributed by atoms with Crippen LogP contribution in [0.2, 0.25) is 0 Å². The summed E-state index contributed by atoms with van der Waals surface area (Å²) in [5.41, 5.74) is 1.88. The topological polar surface area (TPSA) is 27.7 Å². The first-order valence-electron chi connectivity index (χ1n) is 10.7. The van der Waals surface area contributed by atoms with Gasteiger partial charge in [-0.3, -0.25) is 0 Å². The smallest absolute Gasteiger partial charge is 0.178 e. The minimum absolute atomic E-state index is 0.521. The van der Waals surface area contributed by atoms with Crippen LogP contribution in [0.4, 0.5) is 0 Å². The first-order chi connectivity index (χ1) is 16.3. The molecule has 5 rings (SSSR count). The molecule has 3 nitrogen and oxygen atoms in total. The van der Waals surface area contributed by atoms with Crippen LogP contribution in [0.1, 0.15) is 0 Å². The van der Waals surface area contributed by atoms with Crippen molar-refractivity contribution >= 4 is 0 Å². The molecule has 0 heterocycles. The van der Waals surface area contributed by atoms with E-state index in [1.165, 1.54) is 0 Å². The van der Waals surface area contributed by atoms with Crippen molar-refractivity contribution < 1.29 is 14.2 Å². The van der Waals surface area contributed by atoms with Gasteiger partial charge in [-0.25, -0.2) is 0 Å². The molecule has 0 unspecified atom stereocenters. The van der Waals surface area contributed by atoms with Gasteiger partial charge in [0.2, 0.25) is 0 Å². The van der Waals surface area contributed by atoms with E-state index < -0.39 is 0 Å². The highest BCUT2D eigenvalue weighted by Gasteiger charge is 2.15. The zero-order valence-electron chi connectivity index (χ0n) is 17.8. The lowest BCUT2D eigenvalue weighted by Gasteiger charge is -2.16. The Kier molecular flexibility index (Phi) is 6.03. The summed E-state index contributed by atoms with van der Waals surface area (Å²) < 4.78 is 18.4. The molecule has 3 heteroatoms. The maximum absolute atomic E-state index is 6.31. The van der Waals surface area contributed by atoms with Crippen LogP contribution in [-0.2, 0) is 0 Å². The van der Waals surface area contributed by atoms with Gasteiger partial charge in [-0.1, -0.05) is 66.7 Å². The van der Waals surface area contributed by atoms with Gasteiger partial charge >= 0.3 is 0 Å². The van der Waals surface area contributed by atoms with Crippen molar-refractivity contribution in [3.8, 4) is 45.6 Å². The molecule has 0 aliphatic heterocycles. The first kappa shape index (κ1) is 20.4. The third-order valence-electron chi connectivity index (χ3n) is 4.99. The van der Waals surface area contributed by atoms with Crippen LogP contribution >= 0.6 is 0 Å². The Morgan fingerprint density at radius 2 is 0.909 bits per heavy atom. The maximum atomic E-state index is 6.31. The predicted molar refractivity (Wildman–Crippen MR) is 130 cm³/mol. The highest BCUT2D eigenvalue weighted by atomic mass is 16.5. The Labute approximate surface area is 193 Å². The number of hydrogen-bond acceptors (Lipinski definition) is 3. The van der Waals surface area contributed by atoms with Crippen LogP contribution in [0.5, 0.6) is 34.5 Å². The van der Waals surface area contributed by atoms with E-state index in [1.807, 2.05) is 127 Å². The van der Waals surface area contributed by atoms with Gasteiger partial charge in [0.1, 0.15) is 23.0 Å². The van der Waals surface area contributed by atoms with E-state index in [2.05, 4.69) is 6.07 Å². The SMILES string of the molecule is [c]1ccc(-c2ccc(Oc3ccccc3)cc2)c(Oc2ccccc2)c1Oc1ccccc1. The number of benzene rings is 5. The van der Waals surface area contributed by atoms with Gasteiger partial charge in [0, 0.05) is 11.6 Å². The Hall–Kier alpha value is -4.50. The van der Waals surface area contributed by atoms with Crippen molar-refractivity contribution in [3.63, 3.8) is 0 Å². The maximum Gasteiger partial charge on any atom is 0.178 e. The molecule has 0 atom stereocenters. The highest BCUT2D eigenvalue weighted by molar-refractivity contribution is 5.75. The second kappa shape index (κ2) is 9.75. The van der Waals surface area contributed by atoms with E-state index in [1.54, 1.807) is 0 Å². The van der Waals surface area contributed by atoms with Crippen molar-refractivity contribution in [2.45, 2.75) is 0 Å². The van der Waals surface area contributed by atoms with E-state index in [0.717, 1.165) is 34.1 Å². The van der Waals surface area contributed by atoms with Crippen LogP contribution in [-0.4, -0.2) is 0 Å². The third-order valence-corrected chi connectivity index (χ3v) is 4.99. The summed E-state index contributed by atoms with van der Waals surface area (Å²) in [6.07, 6.45) is 0. The third kappa shape index (κ3) is 5.05. The van der Waals surface area contributed by atoms with Gasteiger partial charge in [-0.15, -0.1) is 0 Å². The van der Waals surface area contributed by atoms with Crippen LogP contribution in [0.15, 0.2) is 127 Å². The summed E-state index contributed by atoms with van der Waals surface area (Å²) in [5.74, 6) is 4.12. The molecular formula is C30H21O3. The average Bonchev–Trinajstić information content (AvgIpc) is 2.88. The fourth-order valence-electron chi connectivity index (χ4n) is 3.41. The normalized spacial score (nSPS) is 10.4. The molecule has 0 bridgehead atoms. The molecule has 5 aromatic carbocycles. The summed E-state index contributed by atoms with van der Waals surface area (Å²) in [6, 6.07) is 44.0. The number of hydrogen-bond donors (Lipinski definition) is 0. The van der Waals surface area contributed by atoms with E-state index >= 15 is 0 Å². The summed E-state index contributed by atoms with van der Waals surface area (Å²) >= 11 is 0. The van der Waals surface area contributed by atoms with Gasteiger partial charge in [-0.05, 0) is 66.2 Å². The zero-order valence-corrected chi connectivity index (χ0v) is 17.8. The second-order valence-electron chi connectivity index (χ2n) is 7.32. The minimum Gasteiger partial charge on any atom is -0.457 e. The number of ether oxygens (including phenoxy) is 3. The van der Waals surface area contributed by atoms with Crippen molar-refractivity contribution in [2.75, 3.05) is 0 Å². The highest BCUT2D eigenvalue weighted by Crippen LogP contribution is 2.42. The Balaban J connectivity index is 1.50. The Morgan fingerprint density at radius 1 is 0.424 bits per heavy atom. The lowest BCUT2D eigenvalue weighted by Crippen LogP contribution is -1.94. The van der Waals surface area contributed by atoms with Crippen molar-refractivity contribution in [1.29, 1.82) is 0 Å². The molecule has 0 spiro atoms. The van der Waals surface area contributed by atoms with Gasteiger partial charge in [0.15, 0.2) is 11.5 Å². The van der Waals surface area contributed by atoms with Crippen LogP contribution in [0.3, 0.4) is 0 Å². The fraction of sp³-hybridized carbons (Fsp3) is 0. The summed E-state index contributed by atoms with van der Waals surface area (Å²) in [6.45, 7) is 0. The molecule has 5 aromatic rings. The average molecular weight is 429 g/mol. The van der Waals surface area contributed by atoms with Gasteiger partial charge in [-0.2, -0.15) is 0 Å². The summed E-state index contributed by atoms with van der Waals surface area (Å²) in [7, 11) is 0. The van der Waals surface area contributed by atoms with E-state index in [4.69, 9.17) is 14.2 Å². The quantitative estimate of drug-likeness (QED) is 0.259. The molecule has 159 valence electrons. The molecular weight excluding hydrogens is 408 g/mol. The minimum atomic E-state index is 0.521. The lowest BCUT2D eigenvalue weighted by molar-refractivity contribution is 0.419. The van der Waals surface area contributed by atoms with Gasteiger partial charge in [0.05, 0.1) is 0 Å². The van der Waals surface area contributed by atoms with Gasteiger partial charge < -0.3 is 14.2 Å². The Bertz CT molecular complexity index is 1300. The predicted octanol–water partition coefficient (Wildman–Crippen LogP) is 8.53. The number of rotatable bonds is 7. The van der Waals surface area contributed by atoms with Gasteiger partial charge in [0.25, 0.3) is 0 Å². The molecule has 33 heavy (non-hydrogen) atoms. The largest absolute Gasteiger partial charge is 0.457 e. The van der Waals surface area contributed by atoms with Crippen LogP contribution in [0.25, 0.3) is 11.1 Å². The molecule has 1 radical (unpaired) electrons. The summed E-state index contributed by atoms with van der Waals surface area (Å²) in [4.78, 5) is 0. The van der Waals surface area contributed by atoms with Crippen LogP contribution in [0, 0.1) is 6.07 Å². The zero-order chi connectivity index (χ0) is 22.3. The molecule has 0 saturated carbocycles. The van der Waals surface area contributed by atoms with E-state index in [-0.39, 0.29) is 0 Å². The molecule has 0 aliphatic carbocycles. The molecule has 0 fully saturated rings. The van der Waals surface area contributed by atoms with E-state index in [0.29, 0.717) is 11.5 Å². The monoisotopic (exact) mass is 429 g/mol. The summed E-state index contributed by atoms with van der Waals surface area (Å²) in [5, 5.41) is 0. The fourth-order valence-corrected chi connectivity index (χ4v) is 3.41.